The number of halogens is 2. The van der Waals surface area contributed by atoms with Crippen LogP contribution in [0.2, 0.25) is 0 Å². The quantitative estimate of drug-likeness (QED) is 0.907. The van der Waals surface area contributed by atoms with E-state index in [1.165, 1.54) is 0 Å². The molecule has 0 unspecified atom stereocenters. The summed E-state index contributed by atoms with van der Waals surface area (Å²) in [6.45, 7) is 1.01. The van der Waals surface area contributed by atoms with Gasteiger partial charge in [0.15, 0.2) is 5.82 Å². The summed E-state index contributed by atoms with van der Waals surface area (Å²) in [5.41, 5.74) is 0.663. The van der Waals surface area contributed by atoms with Gasteiger partial charge in [-0.05, 0) is 40.9 Å². The lowest BCUT2D eigenvalue weighted by Gasteiger charge is -2.32. The fourth-order valence-corrected chi connectivity index (χ4v) is 2.66. The molecule has 0 saturated carbocycles. The van der Waals surface area contributed by atoms with Crippen LogP contribution in [0.4, 0.5) is 10.1 Å². The van der Waals surface area contributed by atoms with E-state index in [0.29, 0.717) is 31.6 Å². The molecule has 0 bridgehead atoms. The maximum absolute atomic E-state index is 14.1. The van der Waals surface area contributed by atoms with Crippen LogP contribution in [0.15, 0.2) is 16.6 Å². The number of nitrogens with zero attached hydrogens (tertiary/aromatic N) is 2. The van der Waals surface area contributed by atoms with Gasteiger partial charge in [-0.25, -0.2) is 4.39 Å². The first kappa shape index (κ1) is 13.8. The molecule has 0 radical (unpaired) electrons. The standard InChI is InChI=1S/C13H12BrFN2O2/c14-11-9(7-16)1-2-10(12(11)15)17-5-3-8(4-6-17)13(18)19/h1-2,8H,3-6H2,(H,18,19). The number of nitriles is 1. The highest BCUT2D eigenvalue weighted by Gasteiger charge is 2.26. The first-order valence-electron chi connectivity index (χ1n) is 5.90. The van der Waals surface area contributed by atoms with E-state index >= 15 is 0 Å². The number of benzene rings is 1. The predicted octanol–water partition coefficient (Wildman–Crippen LogP) is 2.76. The number of carboxylic acids is 1. The van der Waals surface area contributed by atoms with Crippen LogP contribution < -0.4 is 4.90 Å². The number of piperidine rings is 1. The van der Waals surface area contributed by atoms with Crippen LogP contribution in [-0.4, -0.2) is 24.2 Å². The summed E-state index contributed by atoms with van der Waals surface area (Å²) < 4.78 is 14.3. The van der Waals surface area contributed by atoms with Crippen LogP contribution >= 0.6 is 15.9 Å². The number of hydrogen-bond donors (Lipinski definition) is 1. The monoisotopic (exact) mass is 326 g/mol. The van der Waals surface area contributed by atoms with Gasteiger partial charge in [0.1, 0.15) is 6.07 Å². The average molecular weight is 327 g/mol. The second kappa shape index (κ2) is 5.57. The van der Waals surface area contributed by atoms with Gasteiger partial charge in [-0.1, -0.05) is 0 Å². The zero-order valence-corrected chi connectivity index (χ0v) is 11.7. The summed E-state index contributed by atoms with van der Waals surface area (Å²) in [5, 5.41) is 17.7. The molecule has 100 valence electrons. The summed E-state index contributed by atoms with van der Waals surface area (Å²) >= 11 is 3.07. The van der Waals surface area contributed by atoms with Gasteiger partial charge in [-0.3, -0.25) is 4.79 Å². The summed E-state index contributed by atoms with van der Waals surface area (Å²) in [7, 11) is 0. The second-order valence-corrected chi connectivity index (χ2v) is 5.26. The molecule has 2 rings (SSSR count). The van der Waals surface area contributed by atoms with E-state index in [9.17, 15) is 9.18 Å². The highest BCUT2D eigenvalue weighted by molar-refractivity contribution is 9.10. The first-order valence-corrected chi connectivity index (χ1v) is 6.69. The van der Waals surface area contributed by atoms with Crippen molar-refractivity contribution in [2.45, 2.75) is 12.8 Å². The fraction of sp³-hybridized carbons (Fsp3) is 0.385. The zero-order chi connectivity index (χ0) is 14.0. The molecule has 1 N–H and O–H groups in total. The molecule has 1 heterocycles. The molecule has 1 aliphatic heterocycles. The highest BCUT2D eigenvalue weighted by Crippen LogP contribution is 2.31. The minimum absolute atomic E-state index is 0.160. The molecule has 0 aliphatic carbocycles. The minimum atomic E-state index is -0.791. The maximum atomic E-state index is 14.1. The summed E-state index contributed by atoms with van der Waals surface area (Å²) in [6, 6.07) is 5.04. The molecule has 6 heteroatoms. The Labute approximate surface area is 118 Å². The summed E-state index contributed by atoms with van der Waals surface area (Å²) in [6.07, 6.45) is 1.01. The maximum Gasteiger partial charge on any atom is 0.306 e. The number of carbonyl (C=O) groups is 1. The van der Waals surface area contributed by atoms with E-state index in [-0.39, 0.29) is 16.0 Å². The Morgan fingerprint density at radius 1 is 1.47 bits per heavy atom. The Bertz CT molecular complexity index is 548. The van der Waals surface area contributed by atoms with Crippen LogP contribution in [0.25, 0.3) is 0 Å². The van der Waals surface area contributed by atoms with Crippen molar-refractivity contribution in [2.75, 3.05) is 18.0 Å². The van der Waals surface area contributed by atoms with Crippen LogP contribution in [-0.2, 0) is 4.79 Å². The molecule has 0 aromatic heterocycles. The van der Waals surface area contributed by atoms with Crippen molar-refractivity contribution in [3.63, 3.8) is 0 Å². The predicted molar refractivity (Wildman–Crippen MR) is 71.4 cm³/mol. The van der Waals surface area contributed by atoms with Gasteiger partial charge in [0.2, 0.25) is 0 Å². The average Bonchev–Trinajstić information content (AvgIpc) is 2.42. The van der Waals surface area contributed by atoms with Crippen molar-refractivity contribution < 1.29 is 14.3 Å². The number of rotatable bonds is 2. The lowest BCUT2D eigenvalue weighted by atomic mass is 9.96. The van der Waals surface area contributed by atoms with Gasteiger partial charge in [-0.2, -0.15) is 5.26 Å². The topological polar surface area (TPSA) is 64.3 Å². The molecule has 1 saturated heterocycles. The Hall–Kier alpha value is -1.61. The van der Waals surface area contributed by atoms with Gasteiger partial charge < -0.3 is 10.0 Å². The Kier molecular flexibility index (Phi) is 4.05. The van der Waals surface area contributed by atoms with Crippen molar-refractivity contribution in [1.29, 1.82) is 5.26 Å². The van der Waals surface area contributed by atoms with Crippen molar-refractivity contribution in [3.05, 3.63) is 28.0 Å². The number of hydrogen-bond acceptors (Lipinski definition) is 3. The van der Waals surface area contributed by atoms with Gasteiger partial charge in [0, 0.05) is 13.1 Å². The Morgan fingerprint density at radius 3 is 2.63 bits per heavy atom. The van der Waals surface area contributed by atoms with Crippen molar-refractivity contribution in [2.24, 2.45) is 5.92 Å². The van der Waals surface area contributed by atoms with Crippen molar-refractivity contribution in [3.8, 4) is 6.07 Å². The molecule has 0 atom stereocenters. The van der Waals surface area contributed by atoms with E-state index in [1.54, 1.807) is 12.1 Å². The molecule has 1 aromatic carbocycles. The molecule has 0 amide bonds. The number of carboxylic acid groups (broad SMARTS) is 1. The fourth-order valence-electron chi connectivity index (χ4n) is 2.24. The molecule has 4 nitrogen and oxygen atoms in total. The zero-order valence-electron chi connectivity index (χ0n) is 10.1. The van der Waals surface area contributed by atoms with E-state index in [0.717, 1.165) is 0 Å². The second-order valence-electron chi connectivity index (χ2n) is 4.47. The van der Waals surface area contributed by atoms with E-state index in [1.807, 2.05) is 11.0 Å². The third-order valence-electron chi connectivity index (χ3n) is 3.37. The van der Waals surface area contributed by atoms with Gasteiger partial charge >= 0.3 is 5.97 Å². The SMILES string of the molecule is N#Cc1ccc(N2CCC(C(=O)O)CC2)c(F)c1Br. The number of anilines is 1. The lowest BCUT2D eigenvalue weighted by molar-refractivity contribution is -0.142. The van der Waals surface area contributed by atoms with Gasteiger partial charge in [0.05, 0.1) is 21.6 Å². The Balaban J connectivity index is 2.19. The molecule has 19 heavy (non-hydrogen) atoms. The molecule has 1 aliphatic rings. The Morgan fingerprint density at radius 2 is 2.11 bits per heavy atom. The minimum Gasteiger partial charge on any atom is -0.481 e. The van der Waals surface area contributed by atoms with Gasteiger partial charge in [0.25, 0.3) is 0 Å². The molecule has 0 spiro atoms. The van der Waals surface area contributed by atoms with E-state index in [4.69, 9.17) is 10.4 Å². The summed E-state index contributed by atoms with van der Waals surface area (Å²) in [4.78, 5) is 12.7. The lowest BCUT2D eigenvalue weighted by Crippen LogP contribution is -2.36. The van der Waals surface area contributed by atoms with Gasteiger partial charge in [-0.15, -0.1) is 0 Å². The van der Waals surface area contributed by atoms with Crippen LogP contribution in [0, 0.1) is 23.1 Å². The van der Waals surface area contributed by atoms with Crippen molar-refractivity contribution in [1.82, 2.24) is 0 Å². The third kappa shape index (κ3) is 2.71. The highest BCUT2D eigenvalue weighted by atomic mass is 79.9. The van der Waals surface area contributed by atoms with E-state index < -0.39 is 11.8 Å². The van der Waals surface area contributed by atoms with E-state index in [2.05, 4.69) is 15.9 Å². The summed E-state index contributed by atoms with van der Waals surface area (Å²) in [5.74, 6) is -1.60. The van der Waals surface area contributed by atoms with Crippen molar-refractivity contribution >= 4 is 27.6 Å². The third-order valence-corrected chi connectivity index (χ3v) is 4.14. The van der Waals surface area contributed by atoms with Crippen LogP contribution in [0.3, 0.4) is 0 Å². The normalized spacial score (nSPS) is 16.2. The largest absolute Gasteiger partial charge is 0.481 e. The van der Waals surface area contributed by atoms with Crippen LogP contribution in [0.1, 0.15) is 18.4 Å². The molecule has 1 aromatic rings. The molecular weight excluding hydrogens is 315 g/mol. The molecule has 1 fully saturated rings. The van der Waals surface area contributed by atoms with Crippen LogP contribution in [0.5, 0.6) is 0 Å². The molecular formula is C13H12BrFN2O2. The smallest absolute Gasteiger partial charge is 0.306 e. The first-order chi connectivity index (χ1) is 9.04. The number of aliphatic carboxylic acids is 1.